The van der Waals surface area contributed by atoms with Crippen LogP contribution in [-0.4, -0.2) is 50.9 Å². The zero-order valence-corrected chi connectivity index (χ0v) is 12.8. The van der Waals surface area contributed by atoms with E-state index in [1.807, 2.05) is 26.2 Å². The van der Waals surface area contributed by atoms with Crippen molar-refractivity contribution >= 4 is 5.69 Å². The van der Waals surface area contributed by atoms with E-state index in [1.165, 1.54) is 0 Å². The highest BCUT2D eigenvalue weighted by Crippen LogP contribution is 2.21. The molecule has 4 nitrogen and oxygen atoms in total. The lowest BCUT2D eigenvalue weighted by molar-refractivity contribution is 0.0232. The maximum atomic E-state index is 5.69. The van der Waals surface area contributed by atoms with Gasteiger partial charge in [-0.1, -0.05) is 0 Å². The maximum Gasteiger partial charge on any atom is 0.119 e. The molecule has 0 radical (unpaired) electrons. The number of hydrogen-bond donors (Lipinski definition) is 1. The lowest BCUT2D eigenvalue weighted by Crippen LogP contribution is -2.32. The number of nitrogens with one attached hydrogen (secondary N) is 1. The van der Waals surface area contributed by atoms with Crippen LogP contribution in [0.25, 0.3) is 0 Å². The molecule has 1 fully saturated rings. The molecule has 2 unspecified atom stereocenters. The van der Waals surface area contributed by atoms with Gasteiger partial charge in [0.25, 0.3) is 0 Å². The molecular formula is C16H26N2O2. The van der Waals surface area contributed by atoms with Gasteiger partial charge in [0, 0.05) is 24.9 Å². The van der Waals surface area contributed by atoms with Crippen molar-refractivity contribution in [2.24, 2.45) is 0 Å². The van der Waals surface area contributed by atoms with Crippen LogP contribution in [0.3, 0.4) is 0 Å². The second-order valence-corrected chi connectivity index (χ2v) is 5.72. The van der Waals surface area contributed by atoms with Crippen molar-refractivity contribution in [2.45, 2.75) is 31.9 Å². The zero-order chi connectivity index (χ0) is 14.4. The number of nitrogens with zero attached hydrogens (tertiary/aromatic N) is 1. The van der Waals surface area contributed by atoms with Crippen molar-refractivity contribution < 1.29 is 9.47 Å². The van der Waals surface area contributed by atoms with Gasteiger partial charge in [0.05, 0.1) is 6.10 Å². The van der Waals surface area contributed by atoms with Gasteiger partial charge in [-0.2, -0.15) is 0 Å². The highest BCUT2D eigenvalue weighted by atomic mass is 16.5. The number of hydrogen-bond acceptors (Lipinski definition) is 4. The predicted molar refractivity (Wildman–Crippen MR) is 82.5 cm³/mol. The molecular weight excluding hydrogens is 252 g/mol. The van der Waals surface area contributed by atoms with Crippen molar-refractivity contribution in [1.29, 1.82) is 0 Å². The van der Waals surface area contributed by atoms with Crippen LogP contribution in [-0.2, 0) is 4.74 Å². The first kappa shape index (κ1) is 15.1. The second kappa shape index (κ2) is 7.50. The molecule has 0 aromatic heterocycles. The summed E-state index contributed by atoms with van der Waals surface area (Å²) in [6.07, 6.45) is 2.50. The molecule has 2 rings (SSSR count). The Morgan fingerprint density at radius 2 is 2.05 bits per heavy atom. The molecule has 4 heteroatoms. The number of ether oxygens (including phenoxy) is 2. The van der Waals surface area contributed by atoms with Gasteiger partial charge in [-0.25, -0.2) is 0 Å². The van der Waals surface area contributed by atoms with E-state index in [-0.39, 0.29) is 0 Å². The van der Waals surface area contributed by atoms with E-state index in [2.05, 4.69) is 29.3 Å². The summed E-state index contributed by atoms with van der Waals surface area (Å²) < 4.78 is 11.3. The molecule has 0 amide bonds. The predicted octanol–water partition coefficient (Wildman–Crippen LogP) is 2.61. The summed E-state index contributed by atoms with van der Waals surface area (Å²) >= 11 is 0. The van der Waals surface area contributed by atoms with Crippen LogP contribution in [0.1, 0.15) is 19.8 Å². The summed E-state index contributed by atoms with van der Waals surface area (Å²) in [5.74, 6) is 0.928. The van der Waals surface area contributed by atoms with E-state index >= 15 is 0 Å². The standard InChI is InChI=1S/C16H26N2O2/c1-13-12-15(8-10-19-13)17-14-4-6-16(7-5-14)20-11-9-18(2)3/h4-7,13,15,17H,8-12H2,1-3H3. The zero-order valence-electron chi connectivity index (χ0n) is 12.8. The Bertz CT molecular complexity index is 392. The van der Waals surface area contributed by atoms with Gasteiger partial charge in [0.15, 0.2) is 0 Å². The molecule has 0 spiro atoms. The highest BCUT2D eigenvalue weighted by Gasteiger charge is 2.18. The fourth-order valence-electron chi connectivity index (χ4n) is 2.36. The topological polar surface area (TPSA) is 33.7 Å². The third kappa shape index (κ3) is 5.02. The Morgan fingerprint density at radius 3 is 2.70 bits per heavy atom. The molecule has 0 bridgehead atoms. The Morgan fingerprint density at radius 1 is 1.30 bits per heavy atom. The van der Waals surface area contributed by atoms with Gasteiger partial charge in [-0.3, -0.25) is 0 Å². The third-order valence-electron chi connectivity index (χ3n) is 3.52. The van der Waals surface area contributed by atoms with E-state index in [4.69, 9.17) is 9.47 Å². The first-order valence-electron chi connectivity index (χ1n) is 7.39. The molecule has 1 aromatic rings. The van der Waals surface area contributed by atoms with Gasteiger partial charge in [0.1, 0.15) is 12.4 Å². The van der Waals surface area contributed by atoms with E-state index < -0.39 is 0 Å². The monoisotopic (exact) mass is 278 g/mol. The minimum atomic E-state index is 0.356. The van der Waals surface area contributed by atoms with Crippen molar-refractivity contribution in [3.05, 3.63) is 24.3 Å². The Balaban J connectivity index is 1.79. The lowest BCUT2D eigenvalue weighted by Gasteiger charge is -2.28. The fraction of sp³-hybridized carbons (Fsp3) is 0.625. The molecule has 2 atom stereocenters. The summed E-state index contributed by atoms with van der Waals surface area (Å²) in [5.41, 5.74) is 1.16. The van der Waals surface area contributed by atoms with Crippen molar-refractivity contribution in [2.75, 3.05) is 39.2 Å². The van der Waals surface area contributed by atoms with Crippen molar-refractivity contribution in [3.63, 3.8) is 0 Å². The van der Waals surface area contributed by atoms with Crippen LogP contribution in [0.15, 0.2) is 24.3 Å². The molecule has 1 heterocycles. The summed E-state index contributed by atoms with van der Waals surface area (Å²) in [7, 11) is 4.09. The van der Waals surface area contributed by atoms with E-state index in [0.29, 0.717) is 12.1 Å². The Hall–Kier alpha value is -1.26. The number of anilines is 1. The molecule has 1 N–H and O–H groups in total. The lowest BCUT2D eigenvalue weighted by atomic mass is 10.0. The smallest absolute Gasteiger partial charge is 0.119 e. The average molecular weight is 278 g/mol. The summed E-state index contributed by atoms with van der Waals surface area (Å²) in [4.78, 5) is 2.11. The summed E-state index contributed by atoms with van der Waals surface area (Å²) in [6.45, 7) is 4.64. The molecule has 1 aromatic carbocycles. The average Bonchev–Trinajstić information content (AvgIpc) is 2.40. The molecule has 1 aliphatic heterocycles. The van der Waals surface area contributed by atoms with E-state index in [0.717, 1.165) is 44.0 Å². The van der Waals surface area contributed by atoms with Crippen LogP contribution in [0.5, 0.6) is 5.75 Å². The largest absolute Gasteiger partial charge is 0.492 e. The quantitative estimate of drug-likeness (QED) is 0.867. The minimum Gasteiger partial charge on any atom is -0.492 e. The van der Waals surface area contributed by atoms with Gasteiger partial charge in [0.2, 0.25) is 0 Å². The van der Waals surface area contributed by atoms with Gasteiger partial charge in [-0.15, -0.1) is 0 Å². The Labute approximate surface area is 122 Å². The molecule has 1 saturated heterocycles. The number of benzene rings is 1. The van der Waals surface area contributed by atoms with E-state index in [1.54, 1.807) is 0 Å². The van der Waals surface area contributed by atoms with Crippen LogP contribution < -0.4 is 10.1 Å². The SMILES string of the molecule is CC1CC(Nc2ccc(OCCN(C)C)cc2)CCO1. The summed E-state index contributed by atoms with van der Waals surface area (Å²) in [6, 6.07) is 8.75. The summed E-state index contributed by atoms with van der Waals surface area (Å²) in [5, 5.41) is 3.57. The second-order valence-electron chi connectivity index (χ2n) is 5.72. The first-order valence-corrected chi connectivity index (χ1v) is 7.39. The van der Waals surface area contributed by atoms with Gasteiger partial charge in [-0.05, 0) is 58.1 Å². The maximum absolute atomic E-state index is 5.69. The number of rotatable bonds is 6. The molecule has 0 aliphatic carbocycles. The number of likely N-dealkylation sites (N-methyl/N-ethyl adjacent to an activating group) is 1. The van der Waals surface area contributed by atoms with Crippen LogP contribution >= 0.6 is 0 Å². The minimum absolute atomic E-state index is 0.356. The first-order chi connectivity index (χ1) is 9.63. The van der Waals surface area contributed by atoms with Crippen LogP contribution in [0, 0.1) is 0 Å². The van der Waals surface area contributed by atoms with Crippen LogP contribution in [0.2, 0.25) is 0 Å². The fourth-order valence-corrected chi connectivity index (χ4v) is 2.36. The third-order valence-corrected chi connectivity index (χ3v) is 3.52. The highest BCUT2D eigenvalue weighted by molar-refractivity contribution is 5.47. The normalized spacial score (nSPS) is 22.8. The van der Waals surface area contributed by atoms with Crippen molar-refractivity contribution in [1.82, 2.24) is 4.90 Å². The molecule has 1 aliphatic rings. The molecule has 0 saturated carbocycles. The Kier molecular flexibility index (Phi) is 5.68. The van der Waals surface area contributed by atoms with E-state index in [9.17, 15) is 0 Å². The van der Waals surface area contributed by atoms with Crippen LogP contribution in [0.4, 0.5) is 5.69 Å². The van der Waals surface area contributed by atoms with Gasteiger partial charge >= 0.3 is 0 Å². The molecule has 112 valence electrons. The molecule has 20 heavy (non-hydrogen) atoms. The van der Waals surface area contributed by atoms with Gasteiger partial charge < -0.3 is 19.7 Å². The van der Waals surface area contributed by atoms with Crippen molar-refractivity contribution in [3.8, 4) is 5.75 Å².